The summed E-state index contributed by atoms with van der Waals surface area (Å²) >= 11 is 6.19. The van der Waals surface area contributed by atoms with Crippen molar-refractivity contribution in [3.8, 4) is 0 Å². The van der Waals surface area contributed by atoms with Crippen molar-refractivity contribution in [1.29, 1.82) is 0 Å². The van der Waals surface area contributed by atoms with Gasteiger partial charge in [0.15, 0.2) is 5.00 Å². The van der Waals surface area contributed by atoms with E-state index in [9.17, 15) is 0 Å². The molecular formula is C8H7ClN4. The fraction of sp³-hybridized carbons (Fsp3) is 0.125. The van der Waals surface area contributed by atoms with Gasteiger partial charge in [0.25, 0.3) is 0 Å². The van der Waals surface area contributed by atoms with Crippen LogP contribution in [-0.2, 0) is 5.00 Å². The van der Waals surface area contributed by atoms with E-state index < -0.39 is 5.00 Å². The van der Waals surface area contributed by atoms with Crippen LogP contribution in [0.25, 0.3) is 0 Å². The summed E-state index contributed by atoms with van der Waals surface area (Å²) in [6.07, 6.45) is 9.66. The molecule has 1 aromatic heterocycles. The Bertz CT molecular complexity index is 348. The molecule has 0 amide bonds. The zero-order chi connectivity index (χ0) is 9.15. The largest absolute Gasteiger partial charge is 0.362 e. The third-order valence-electron chi connectivity index (χ3n) is 1.64. The van der Waals surface area contributed by atoms with Crippen molar-refractivity contribution in [2.45, 2.75) is 5.00 Å². The fourth-order valence-electron chi connectivity index (χ4n) is 1.01. The molecule has 1 N–H and O–H groups in total. The third kappa shape index (κ3) is 1.53. The standard InChI is InChI=1S/C8H7ClN4/c9-8(6-11-2-4-13-8)7-5-10-1-3-12-7/h1-6,13H. The molecule has 66 valence electrons. The highest BCUT2D eigenvalue weighted by Gasteiger charge is 2.28. The van der Waals surface area contributed by atoms with Crippen LogP contribution < -0.4 is 5.32 Å². The summed E-state index contributed by atoms with van der Waals surface area (Å²) in [7, 11) is 0. The molecule has 2 heterocycles. The summed E-state index contributed by atoms with van der Waals surface area (Å²) in [4.78, 5) is 11.1. The first-order valence-corrected chi connectivity index (χ1v) is 4.11. The Morgan fingerprint density at radius 3 is 2.92 bits per heavy atom. The molecule has 0 aromatic carbocycles. The predicted molar refractivity (Wildman–Crippen MR) is 50.3 cm³/mol. The number of hydrogen-bond donors (Lipinski definition) is 1. The molecule has 13 heavy (non-hydrogen) atoms. The van der Waals surface area contributed by atoms with E-state index in [0.29, 0.717) is 5.69 Å². The van der Waals surface area contributed by atoms with E-state index in [1.165, 1.54) is 0 Å². The van der Waals surface area contributed by atoms with Gasteiger partial charge >= 0.3 is 0 Å². The van der Waals surface area contributed by atoms with E-state index in [2.05, 4.69) is 20.3 Å². The number of aromatic nitrogens is 2. The lowest BCUT2D eigenvalue weighted by Crippen LogP contribution is -2.37. The van der Waals surface area contributed by atoms with Crippen molar-refractivity contribution in [2.24, 2.45) is 4.99 Å². The lowest BCUT2D eigenvalue weighted by Gasteiger charge is -2.23. The van der Waals surface area contributed by atoms with Crippen LogP contribution in [0.5, 0.6) is 0 Å². The summed E-state index contributed by atoms with van der Waals surface area (Å²) in [5.74, 6) is 0. The first-order valence-electron chi connectivity index (χ1n) is 3.74. The van der Waals surface area contributed by atoms with Crippen molar-refractivity contribution in [1.82, 2.24) is 15.3 Å². The first-order chi connectivity index (χ1) is 6.31. The maximum atomic E-state index is 6.19. The number of alkyl halides is 1. The van der Waals surface area contributed by atoms with Gasteiger partial charge in [-0.05, 0) is 0 Å². The smallest absolute Gasteiger partial charge is 0.192 e. The van der Waals surface area contributed by atoms with Crippen LogP contribution in [0.4, 0.5) is 0 Å². The van der Waals surface area contributed by atoms with E-state index in [4.69, 9.17) is 11.6 Å². The summed E-state index contributed by atoms with van der Waals surface area (Å²) in [6, 6.07) is 0. The summed E-state index contributed by atoms with van der Waals surface area (Å²) < 4.78 is 0. The summed E-state index contributed by atoms with van der Waals surface area (Å²) in [5, 5.41) is 2.94. The first kappa shape index (κ1) is 8.19. The summed E-state index contributed by atoms with van der Waals surface area (Å²) in [5.41, 5.74) is 0.629. The van der Waals surface area contributed by atoms with Crippen LogP contribution in [0.3, 0.4) is 0 Å². The lowest BCUT2D eigenvalue weighted by atomic mass is 10.2. The Labute approximate surface area is 80.4 Å². The molecule has 1 aliphatic heterocycles. The van der Waals surface area contributed by atoms with Crippen molar-refractivity contribution in [3.63, 3.8) is 0 Å². The molecule has 0 saturated heterocycles. The Hall–Kier alpha value is -1.42. The van der Waals surface area contributed by atoms with E-state index in [-0.39, 0.29) is 0 Å². The Morgan fingerprint density at radius 1 is 1.38 bits per heavy atom. The normalized spacial score (nSPS) is 25.6. The maximum absolute atomic E-state index is 6.19. The molecule has 1 aliphatic rings. The van der Waals surface area contributed by atoms with Crippen LogP contribution >= 0.6 is 11.6 Å². The molecule has 1 unspecified atom stereocenters. The van der Waals surface area contributed by atoms with Crippen molar-refractivity contribution in [2.75, 3.05) is 0 Å². The minimum absolute atomic E-state index is 0.629. The molecule has 5 heteroatoms. The maximum Gasteiger partial charge on any atom is 0.192 e. The van der Waals surface area contributed by atoms with Crippen LogP contribution in [0.15, 0.2) is 36.0 Å². The van der Waals surface area contributed by atoms with Crippen LogP contribution in [0.1, 0.15) is 5.69 Å². The molecular weight excluding hydrogens is 188 g/mol. The van der Waals surface area contributed by atoms with Gasteiger partial charge in [-0.3, -0.25) is 15.0 Å². The van der Waals surface area contributed by atoms with Gasteiger partial charge < -0.3 is 5.32 Å². The summed E-state index contributed by atoms with van der Waals surface area (Å²) in [6.45, 7) is 0. The van der Waals surface area contributed by atoms with E-state index in [1.54, 1.807) is 37.2 Å². The second kappa shape index (κ2) is 3.14. The van der Waals surface area contributed by atoms with Gasteiger partial charge in [-0.2, -0.15) is 0 Å². The minimum Gasteiger partial charge on any atom is -0.362 e. The van der Waals surface area contributed by atoms with Crippen LogP contribution in [0, 0.1) is 0 Å². The van der Waals surface area contributed by atoms with Gasteiger partial charge in [0, 0.05) is 24.8 Å². The zero-order valence-electron chi connectivity index (χ0n) is 6.68. The number of rotatable bonds is 1. The topological polar surface area (TPSA) is 50.2 Å². The zero-order valence-corrected chi connectivity index (χ0v) is 7.44. The molecule has 1 aromatic rings. The average molecular weight is 195 g/mol. The van der Waals surface area contributed by atoms with E-state index >= 15 is 0 Å². The van der Waals surface area contributed by atoms with Crippen LogP contribution in [-0.4, -0.2) is 16.2 Å². The molecule has 1 atom stereocenters. The molecule has 0 saturated carbocycles. The van der Waals surface area contributed by atoms with Crippen molar-refractivity contribution >= 4 is 17.8 Å². The highest BCUT2D eigenvalue weighted by molar-refractivity contribution is 6.31. The number of hydrogen-bond acceptors (Lipinski definition) is 4. The Kier molecular flexibility index (Phi) is 1.98. The highest BCUT2D eigenvalue weighted by atomic mass is 35.5. The average Bonchev–Trinajstić information content (AvgIpc) is 2.20. The monoisotopic (exact) mass is 194 g/mol. The van der Waals surface area contributed by atoms with Crippen molar-refractivity contribution in [3.05, 3.63) is 36.7 Å². The minimum atomic E-state index is -0.858. The third-order valence-corrected chi connectivity index (χ3v) is 2.04. The Balaban J connectivity index is 2.35. The van der Waals surface area contributed by atoms with Gasteiger partial charge in [0.05, 0.1) is 12.4 Å². The number of nitrogens with zero attached hydrogens (tertiary/aromatic N) is 3. The number of halogens is 1. The number of nitrogens with one attached hydrogen (secondary N) is 1. The van der Waals surface area contributed by atoms with Gasteiger partial charge in [0.2, 0.25) is 0 Å². The lowest BCUT2D eigenvalue weighted by molar-refractivity contribution is 0.687. The van der Waals surface area contributed by atoms with Crippen molar-refractivity contribution < 1.29 is 0 Å². The van der Waals surface area contributed by atoms with Crippen LogP contribution in [0.2, 0.25) is 0 Å². The molecule has 2 rings (SSSR count). The van der Waals surface area contributed by atoms with E-state index in [0.717, 1.165) is 0 Å². The highest BCUT2D eigenvalue weighted by Crippen LogP contribution is 2.22. The number of aliphatic imine (C=N–C) groups is 1. The van der Waals surface area contributed by atoms with Gasteiger partial charge in [-0.15, -0.1) is 0 Å². The molecule has 0 spiro atoms. The molecule has 0 aliphatic carbocycles. The van der Waals surface area contributed by atoms with Gasteiger partial charge in [-0.1, -0.05) is 11.6 Å². The molecule has 0 fully saturated rings. The quantitative estimate of drug-likeness (QED) is 0.536. The fourth-order valence-corrected chi connectivity index (χ4v) is 1.23. The van der Waals surface area contributed by atoms with E-state index in [1.807, 2.05) is 0 Å². The predicted octanol–water partition coefficient (Wildman–Crippen LogP) is 1.01. The molecule has 0 radical (unpaired) electrons. The molecule has 4 nitrogen and oxygen atoms in total. The second-order valence-electron chi connectivity index (χ2n) is 2.54. The van der Waals surface area contributed by atoms with Gasteiger partial charge in [0.1, 0.15) is 5.69 Å². The van der Waals surface area contributed by atoms with Gasteiger partial charge in [-0.25, -0.2) is 0 Å². The second-order valence-corrected chi connectivity index (χ2v) is 3.14. The SMILES string of the molecule is ClC1(c2cnccn2)C=NC=CN1. The molecule has 0 bridgehead atoms. The Morgan fingerprint density at radius 2 is 2.31 bits per heavy atom.